The van der Waals surface area contributed by atoms with E-state index in [1.165, 1.54) is 0 Å². The van der Waals surface area contributed by atoms with Gasteiger partial charge in [0.05, 0.1) is 23.6 Å². The van der Waals surface area contributed by atoms with Crippen molar-refractivity contribution < 1.29 is 13.9 Å². The Morgan fingerprint density at radius 1 is 1.07 bits per heavy atom. The summed E-state index contributed by atoms with van der Waals surface area (Å²) in [6.45, 7) is 3.59. The van der Waals surface area contributed by atoms with Gasteiger partial charge >= 0.3 is 5.97 Å². The van der Waals surface area contributed by atoms with Crippen LogP contribution < -0.4 is 0 Å². The molecular weight excluding hydrogens is 385 g/mol. The van der Waals surface area contributed by atoms with Gasteiger partial charge < -0.3 is 9.15 Å². The van der Waals surface area contributed by atoms with Gasteiger partial charge in [0.25, 0.3) is 0 Å². The third-order valence-electron chi connectivity index (χ3n) is 3.59. The molecule has 138 valence electrons. The number of rotatable bonds is 5. The van der Waals surface area contributed by atoms with Crippen molar-refractivity contribution in [1.29, 1.82) is 0 Å². The number of halogens is 2. The Balaban J connectivity index is 1.90. The molecule has 0 amide bonds. The van der Waals surface area contributed by atoms with E-state index in [0.29, 0.717) is 38.4 Å². The van der Waals surface area contributed by atoms with E-state index in [0.717, 1.165) is 0 Å². The number of carbonyl (C=O) groups excluding carboxylic acids is 1. The number of aliphatic imine (C=N–C) groups is 1. The third-order valence-corrected chi connectivity index (χ3v) is 4.06. The number of hydrogen-bond donors (Lipinski definition) is 0. The summed E-state index contributed by atoms with van der Waals surface area (Å²) in [5.74, 6) is 0.607. The molecule has 4 nitrogen and oxygen atoms in total. The fourth-order valence-corrected chi connectivity index (χ4v) is 2.79. The minimum Gasteiger partial charge on any atom is -0.459 e. The zero-order chi connectivity index (χ0) is 19.4. The van der Waals surface area contributed by atoms with Crippen LogP contribution in [0.1, 0.15) is 30.0 Å². The van der Waals surface area contributed by atoms with Crippen LogP contribution in [0.3, 0.4) is 0 Å². The second-order valence-electron chi connectivity index (χ2n) is 6.08. The quantitative estimate of drug-likeness (QED) is 0.358. The van der Waals surface area contributed by atoms with Crippen molar-refractivity contribution in [2.24, 2.45) is 4.99 Å². The normalized spacial score (nSPS) is 11.3. The van der Waals surface area contributed by atoms with E-state index in [1.54, 1.807) is 62.5 Å². The van der Waals surface area contributed by atoms with Crippen molar-refractivity contribution in [3.8, 4) is 11.3 Å². The van der Waals surface area contributed by atoms with E-state index in [2.05, 4.69) is 4.99 Å². The highest BCUT2D eigenvalue weighted by Gasteiger charge is 2.18. The zero-order valence-corrected chi connectivity index (χ0v) is 16.3. The van der Waals surface area contributed by atoms with Crippen LogP contribution in [0.5, 0.6) is 0 Å². The average molecular weight is 402 g/mol. The van der Waals surface area contributed by atoms with Crippen molar-refractivity contribution in [2.45, 2.75) is 20.0 Å². The first kappa shape index (κ1) is 19.2. The first-order valence-electron chi connectivity index (χ1n) is 8.33. The lowest BCUT2D eigenvalue weighted by atomic mass is 10.1. The molecule has 3 rings (SSSR count). The molecule has 27 heavy (non-hydrogen) atoms. The van der Waals surface area contributed by atoms with Gasteiger partial charge in [-0.05, 0) is 62.4 Å². The Bertz CT molecular complexity index is 993. The molecule has 0 aliphatic carbocycles. The molecule has 0 N–H and O–H groups in total. The van der Waals surface area contributed by atoms with Crippen LogP contribution in [0, 0.1) is 0 Å². The van der Waals surface area contributed by atoms with E-state index in [-0.39, 0.29) is 6.10 Å². The van der Waals surface area contributed by atoms with E-state index in [1.807, 2.05) is 12.1 Å². The Hall–Kier alpha value is -2.56. The molecule has 0 saturated carbocycles. The standard InChI is InChI=1S/C21H17Cl2NO3/c1-13(2)26-21(25)18-8-6-15(23)11-19(18)20-9-7-17(27-20)12-24-16-5-3-4-14(22)10-16/h3-13H,1-2H3. The first-order chi connectivity index (χ1) is 12.9. The van der Waals surface area contributed by atoms with E-state index in [4.69, 9.17) is 32.4 Å². The van der Waals surface area contributed by atoms with Gasteiger partial charge in [-0.3, -0.25) is 4.99 Å². The van der Waals surface area contributed by atoms with Crippen molar-refractivity contribution in [3.05, 3.63) is 76.0 Å². The van der Waals surface area contributed by atoms with Gasteiger partial charge in [0.1, 0.15) is 11.5 Å². The molecule has 0 fully saturated rings. The number of carbonyl (C=O) groups is 1. The summed E-state index contributed by atoms with van der Waals surface area (Å²) in [7, 11) is 0. The van der Waals surface area contributed by atoms with Gasteiger partial charge in [-0.2, -0.15) is 0 Å². The summed E-state index contributed by atoms with van der Waals surface area (Å²) in [4.78, 5) is 16.7. The number of nitrogens with zero attached hydrogens (tertiary/aromatic N) is 1. The van der Waals surface area contributed by atoms with Crippen LogP contribution in [0.2, 0.25) is 10.0 Å². The van der Waals surface area contributed by atoms with E-state index >= 15 is 0 Å². The molecule has 0 bridgehead atoms. The summed E-state index contributed by atoms with van der Waals surface area (Å²) < 4.78 is 11.1. The molecule has 6 heteroatoms. The molecule has 3 aromatic rings. The fraction of sp³-hybridized carbons (Fsp3) is 0.143. The molecule has 0 saturated heterocycles. The lowest BCUT2D eigenvalue weighted by molar-refractivity contribution is 0.0378. The van der Waals surface area contributed by atoms with Crippen LogP contribution in [0.4, 0.5) is 5.69 Å². The van der Waals surface area contributed by atoms with Crippen LogP contribution in [0.15, 0.2) is 64.0 Å². The van der Waals surface area contributed by atoms with Gasteiger partial charge in [0.15, 0.2) is 0 Å². The number of furan rings is 1. The summed E-state index contributed by atoms with van der Waals surface area (Å²) in [6, 6.07) is 15.7. The number of hydrogen-bond acceptors (Lipinski definition) is 4. The molecule has 0 aliphatic heterocycles. The van der Waals surface area contributed by atoms with Crippen molar-refractivity contribution in [3.63, 3.8) is 0 Å². The smallest absolute Gasteiger partial charge is 0.339 e. The third kappa shape index (κ3) is 5.00. The maximum atomic E-state index is 12.4. The second kappa shape index (κ2) is 8.42. The molecule has 0 unspecified atom stereocenters. The highest BCUT2D eigenvalue weighted by atomic mass is 35.5. The van der Waals surface area contributed by atoms with Gasteiger partial charge in [-0.1, -0.05) is 29.3 Å². The first-order valence-corrected chi connectivity index (χ1v) is 9.08. The average Bonchev–Trinajstić information content (AvgIpc) is 3.08. The molecule has 0 atom stereocenters. The Labute approximate surface area is 167 Å². The molecule has 1 heterocycles. The largest absolute Gasteiger partial charge is 0.459 e. The predicted octanol–water partition coefficient (Wildman–Crippen LogP) is 6.57. The molecule has 1 aromatic heterocycles. The maximum absolute atomic E-state index is 12.4. The van der Waals surface area contributed by atoms with Gasteiger partial charge in [-0.25, -0.2) is 4.79 Å². The van der Waals surface area contributed by atoms with Crippen LogP contribution in [-0.4, -0.2) is 18.3 Å². The topological polar surface area (TPSA) is 51.8 Å². The van der Waals surface area contributed by atoms with Crippen molar-refractivity contribution >= 4 is 41.1 Å². The highest BCUT2D eigenvalue weighted by molar-refractivity contribution is 6.31. The lowest BCUT2D eigenvalue weighted by Gasteiger charge is -2.11. The summed E-state index contributed by atoms with van der Waals surface area (Å²) in [5.41, 5.74) is 1.67. The van der Waals surface area contributed by atoms with Crippen molar-refractivity contribution in [2.75, 3.05) is 0 Å². The SMILES string of the molecule is CC(C)OC(=O)c1ccc(Cl)cc1-c1ccc(C=Nc2cccc(Cl)c2)o1. The Morgan fingerprint density at radius 3 is 2.59 bits per heavy atom. The van der Waals surface area contributed by atoms with Crippen LogP contribution in [-0.2, 0) is 4.74 Å². The molecule has 2 aromatic carbocycles. The summed E-state index contributed by atoms with van der Waals surface area (Å²) in [5, 5.41) is 1.11. The minimum atomic E-state index is -0.429. The highest BCUT2D eigenvalue weighted by Crippen LogP contribution is 2.29. The molecule has 0 spiro atoms. The number of benzene rings is 2. The molecule has 0 radical (unpaired) electrons. The van der Waals surface area contributed by atoms with Crippen LogP contribution in [0.25, 0.3) is 11.3 Å². The number of esters is 1. The summed E-state index contributed by atoms with van der Waals surface area (Å²) in [6.07, 6.45) is 1.37. The molecule has 0 aliphatic rings. The van der Waals surface area contributed by atoms with Gasteiger partial charge in [0.2, 0.25) is 0 Å². The Kier molecular flexibility index (Phi) is 5.99. The lowest BCUT2D eigenvalue weighted by Crippen LogP contribution is -2.12. The molecular formula is C21H17Cl2NO3. The summed E-state index contributed by atoms with van der Waals surface area (Å²) >= 11 is 12.1. The fourth-order valence-electron chi connectivity index (χ4n) is 2.44. The van der Waals surface area contributed by atoms with E-state index in [9.17, 15) is 4.79 Å². The van der Waals surface area contributed by atoms with E-state index < -0.39 is 5.97 Å². The zero-order valence-electron chi connectivity index (χ0n) is 14.8. The minimum absolute atomic E-state index is 0.224. The monoisotopic (exact) mass is 401 g/mol. The van der Waals surface area contributed by atoms with Gasteiger partial charge in [-0.15, -0.1) is 0 Å². The Morgan fingerprint density at radius 2 is 1.85 bits per heavy atom. The maximum Gasteiger partial charge on any atom is 0.339 e. The predicted molar refractivity (Wildman–Crippen MR) is 108 cm³/mol. The van der Waals surface area contributed by atoms with Crippen molar-refractivity contribution in [1.82, 2.24) is 0 Å². The van der Waals surface area contributed by atoms with Crippen LogP contribution >= 0.6 is 23.2 Å². The second-order valence-corrected chi connectivity index (χ2v) is 6.96. The van der Waals surface area contributed by atoms with Gasteiger partial charge in [0, 0.05) is 15.6 Å². The number of ether oxygens (including phenoxy) is 1.